The number of aryl methyl sites for hydroxylation is 1. The Labute approximate surface area is 194 Å². The molecule has 0 spiro atoms. The van der Waals surface area contributed by atoms with Crippen LogP contribution in [0.4, 0.5) is 11.4 Å². The SMILES string of the molecule is Cc1c(Cl)cccc1NC(=O)C(=O)NC[C@@H](c1ccc2c(c1)CCCN2C)N1CCCC1. The first-order valence-corrected chi connectivity index (χ1v) is 11.7. The predicted octanol–water partition coefficient (Wildman–Crippen LogP) is 3.92. The molecule has 0 aromatic heterocycles. The highest BCUT2D eigenvalue weighted by Crippen LogP contribution is 2.32. The summed E-state index contributed by atoms with van der Waals surface area (Å²) in [5.74, 6) is -1.31. The van der Waals surface area contributed by atoms with Crippen molar-refractivity contribution in [1.29, 1.82) is 0 Å². The maximum Gasteiger partial charge on any atom is 0.313 e. The van der Waals surface area contributed by atoms with Gasteiger partial charge < -0.3 is 15.5 Å². The number of carbonyl (C=O) groups excluding carboxylic acids is 2. The topological polar surface area (TPSA) is 64.7 Å². The van der Waals surface area contributed by atoms with Crippen LogP contribution in [0.25, 0.3) is 0 Å². The minimum Gasteiger partial charge on any atom is -0.374 e. The predicted molar refractivity (Wildman–Crippen MR) is 129 cm³/mol. The smallest absolute Gasteiger partial charge is 0.313 e. The molecule has 0 radical (unpaired) electrons. The van der Waals surface area contributed by atoms with Crippen LogP contribution < -0.4 is 15.5 Å². The molecule has 2 amide bonds. The lowest BCUT2D eigenvalue weighted by Crippen LogP contribution is -2.41. The first-order valence-electron chi connectivity index (χ1n) is 11.4. The van der Waals surface area contributed by atoms with Gasteiger partial charge in [-0.05, 0) is 80.6 Å². The molecule has 0 bridgehead atoms. The Hall–Kier alpha value is -2.57. The average Bonchev–Trinajstić information content (AvgIpc) is 3.31. The van der Waals surface area contributed by atoms with Gasteiger partial charge in [-0.2, -0.15) is 0 Å². The van der Waals surface area contributed by atoms with Crippen LogP contribution in [-0.2, 0) is 16.0 Å². The summed E-state index contributed by atoms with van der Waals surface area (Å²) in [5, 5.41) is 6.09. The standard InChI is InChI=1S/C25H31ClN4O2/c1-17-20(26)8-5-9-21(17)28-25(32)24(31)27-16-23(30-13-3-4-14-30)19-10-11-22-18(15-19)7-6-12-29(22)2/h5,8-11,15,23H,3-4,6-7,12-14,16H2,1-2H3,(H,27,31)(H,28,32)/t23-/m0/s1. The highest BCUT2D eigenvalue weighted by Gasteiger charge is 2.26. The van der Waals surface area contributed by atoms with Gasteiger partial charge in [-0.15, -0.1) is 0 Å². The molecule has 2 aliphatic rings. The molecule has 1 fully saturated rings. The van der Waals surface area contributed by atoms with E-state index >= 15 is 0 Å². The van der Waals surface area contributed by atoms with E-state index in [9.17, 15) is 9.59 Å². The van der Waals surface area contributed by atoms with Crippen LogP contribution in [-0.4, -0.2) is 49.9 Å². The van der Waals surface area contributed by atoms with Crippen LogP contribution in [0.15, 0.2) is 36.4 Å². The summed E-state index contributed by atoms with van der Waals surface area (Å²) in [4.78, 5) is 29.8. The zero-order chi connectivity index (χ0) is 22.7. The summed E-state index contributed by atoms with van der Waals surface area (Å²) in [7, 11) is 2.14. The molecule has 2 aromatic rings. The van der Waals surface area contributed by atoms with Crippen LogP contribution in [0.2, 0.25) is 5.02 Å². The van der Waals surface area contributed by atoms with Gasteiger partial charge in [0, 0.05) is 36.5 Å². The Morgan fingerprint density at radius 2 is 1.84 bits per heavy atom. The Morgan fingerprint density at radius 1 is 1.06 bits per heavy atom. The molecule has 2 heterocycles. The lowest BCUT2D eigenvalue weighted by atomic mass is 9.96. The molecular weight excluding hydrogens is 424 g/mol. The molecule has 170 valence electrons. The normalized spacial score (nSPS) is 17.0. The number of hydrogen-bond donors (Lipinski definition) is 2. The van der Waals surface area contributed by atoms with Gasteiger partial charge in [-0.3, -0.25) is 14.5 Å². The zero-order valence-electron chi connectivity index (χ0n) is 18.8. The monoisotopic (exact) mass is 454 g/mol. The minimum absolute atomic E-state index is 0.0553. The van der Waals surface area contributed by atoms with Gasteiger partial charge >= 0.3 is 11.8 Å². The molecule has 1 saturated heterocycles. The molecule has 6 nitrogen and oxygen atoms in total. The summed E-state index contributed by atoms with van der Waals surface area (Å²) >= 11 is 6.12. The van der Waals surface area contributed by atoms with Crippen molar-refractivity contribution in [3.05, 3.63) is 58.1 Å². The van der Waals surface area contributed by atoms with Crippen molar-refractivity contribution in [2.75, 3.05) is 43.4 Å². The summed E-state index contributed by atoms with van der Waals surface area (Å²) in [6.45, 7) is 5.30. The van der Waals surface area contributed by atoms with E-state index < -0.39 is 11.8 Å². The van der Waals surface area contributed by atoms with Gasteiger partial charge in [0.25, 0.3) is 0 Å². The lowest BCUT2D eigenvalue weighted by Gasteiger charge is -2.31. The Bertz CT molecular complexity index is 1000. The summed E-state index contributed by atoms with van der Waals surface area (Å²) in [5.41, 5.74) is 5.14. The number of nitrogens with one attached hydrogen (secondary N) is 2. The fraction of sp³-hybridized carbons (Fsp3) is 0.440. The lowest BCUT2D eigenvalue weighted by molar-refractivity contribution is -0.136. The van der Waals surface area contributed by atoms with E-state index in [4.69, 9.17) is 11.6 Å². The van der Waals surface area contributed by atoms with Gasteiger partial charge in [0.1, 0.15) is 0 Å². The quantitative estimate of drug-likeness (QED) is 0.672. The molecule has 0 saturated carbocycles. The Balaban J connectivity index is 1.46. The second-order valence-electron chi connectivity index (χ2n) is 8.75. The number of nitrogens with zero attached hydrogens (tertiary/aromatic N) is 2. The van der Waals surface area contributed by atoms with Crippen molar-refractivity contribution in [2.24, 2.45) is 0 Å². The fourth-order valence-corrected chi connectivity index (χ4v) is 4.89. The minimum atomic E-state index is -0.678. The van der Waals surface area contributed by atoms with E-state index in [-0.39, 0.29) is 6.04 Å². The molecule has 0 unspecified atom stereocenters. The third-order valence-electron chi connectivity index (χ3n) is 6.60. The van der Waals surface area contributed by atoms with Gasteiger partial charge in [0.15, 0.2) is 0 Å². The van der Waals surface area contributed by atoms with Crippen LogP contribution in [0.3, 0.4) is 0 Å². The number of rotatable bonds is 5. The maximum absolute atomic E-state index is 12.6. The third-order valence-corrected chi connectivity index (χ3v) is 7.01. The maximum atomic E-state index is 12.6. The van der Waals surface area contributed by atoms with Gasteiger partial charge in [0.05, 0.1) is 6.04 Å². The number of amides is 2. The van der Waals surface area contributed by atoms with Crippen molar-refractivity contribution in [3.8, 4) is 0 Å². The van der Waals surface area contributed by atoms with Gasteiger partial charge in [-0.1, -0.05) is 29.8 Å². The van der Waals surface area contributed by atoms with E-state index in [2.05, 4.69) is 45.7 Å². The number of anilines is 2. The zero-order valence-corrected chi connectivity index (χ0v) is 19.5. The van der Waals surface area contributed by atoms with Crippen LogP contribution in [0.1, 0.15) is 42.0 Å². The first-order chi connectivity index (χ1) is 15.4. The van der Waals surface area contributed by atoms with Crippen LogP contribution in [0, 0.1) is 6.92 Å². The molecule has 32 heavy (non-hydrogen) atoms. The van der Waals surface area contributed by atoms with Gasteiger partial charge in [0.2, 0.25) is 0 Å². The van der Waals surface area contributed by atoms with Crippen molar-refractivity contribution in [2.45, 2.75) is 38.6 Å². The first kappa shape index (κ1) is 22.6. The molecule has 1 atom stereocenters. The van der Waals surface area contributed by atoms with E-state index in [1.807, 2.05) is 6.92 Å². The summed E-state index contributed by atoms with van der Waals surface area (Å²) < 4.78 is 0. The van der Waals surface area contributed by atoms with Crippen molar-refractivity contribution in [1.82, 2.24) is 10.2 Å². The number of fused-ring (bicyclic) bond motifs is 1. The largest absolute Gasteiger partial charge is 0.374 e. The molecule has 2 N–H and O–H groups in total. The fourth-order valence-electron chi connectivity index (χ4n) is 4.72. The second kappa shape index (κ2) is 9.92. The highest BCUT2D eigenvalue weighted by molar-refractivity contribution is 6.40. The van der Waals surface area contributed by atoms with Crippen molar-refractivity contribution >= 4 is 34.8 Å². The number of benzene rings is 2. The molecule has 2 aliphatic heterocycles. The van der Waals surface area contributed by atoms with Crippen LogP contribution in [0.5, 0.6) is 0 Å². The van der Waals surface area contributed by atoms with E-state index in [0.29, 0.717) is 17.3 Å². The van der Waals surface area contributed by atoms with E-state index in [0.717, 1.165) is 50.9 Å². The Kier molecular flexibility index (Phi) is 7.01. The summed E-state index contributed by atoms with van der Waals surface area (Å²) in [6.07, 6.45) is 4.55. The third kappa shape index (κ3) is 4.92. The molecule has 2 aromatic carbocycles. The van der Waals surface area contributed by atoms with E-state index in [1.54, 1.807) is 18.2 Å². The number of carbonyl (C=O) groups is 2. The molecule has 4 rings (SSSR count). The number of halogens is 1. The molecule has 7 heteroatoms. The second-order valence-corrected chi connectivity index (χ2v) is 9.16. The molecular formula is C25H31ClN4O2. The van der Waals surface area contributed by atoms with Gasteiger partial charge in [-0.25, -0.2) is 0 Å². The highest BCUT2D eigenvalue weighted by atomic mass is 35.5. The van der Waals surface area contributed by atoms with Crippen molar-refractivity contribution in [3.63, 3.8) is 0 Å². The Morgan fingerprint density at radius 3 is 2.62 bits per heavy atom. The van der Waals surface area contributed by atoms with E-state index in [1.165, 1.54) is 16.8 Å². The number of hydrogen-bond acceptors (Lipinski definition) is 4. The summed E-state index contributed by atoms with van der Waals surface area (Å²) in [6, 6.07) is 12.0. The number of likely N-dealkylation sites (tertiary alicyclic amines) is 1. The average molecular weight is 455 g/mol. The molecule has 0 aliphatic carbocycles. The van der Waals surface area contributed by atoms with Crippen molar-refractivity contribution < 1.29 is 9.59 Å². The van der Waals surface area contributed by atoms with Crippen LogP contribution >= 0.6 is 11.6 Å².